The molecule has 0 bridgehead atoms. The van der Waals surface area contributed by atoms with Gasteiger partial charge in [0.05, 0.1) is 11.6 Å². The summed E-state index contributed by atoms with van der Waals surface area (Å²) >= 11 is 0. The number of pyridine rings is 1. The second kappa shape index (κ2) is 7.99. The lowest BCUT2D eigenvalue weighted by molar-refractivity contribution is 0.190. The van der Waals surface area contributed by atoms with Crippen LogP contribution in [0.1, 0.15) is 25.7 Å². The molecule has 0 radical (unpaired) electrons. The molecule has 2 saturated heterocycles. The van der Waals surface area contributed by atoms with Crippen molar-refractivity contribution in [3.63, 3.8) is 0 Å². The molecule has 6 nitrogen and oxygen atoms in total. The molecule has 0 unspecified atom stereocenters. The number of aromatic nitrogens is 3. The topological polar surface area (TPSA) is 57.3 Å². The van der Waals surface area contributed by atoms with Gasteiger partial charge in [0.25, 0.3) is 0 Å². The molecule has 0 amide bonds. The van der Waals surface area contributed by atoms with Crippen LogP contribution in [0.5, 0.6) is 5.75 Å². The Bertz CT molecular complexity index is 1100. The maximum Gasteiger partial charge on any atom is 0.145 e. The monoisotopic (exact) mass is 439 g/mol. The SMILES string of the molecule is F[C@H]1CN(C2CCN(c3cc(-c4n[nH]c5ccc(OC6CC6)cc45)ccn3)CC2)C[C@@H]1F. The Balaban J connectivity index is 1.19. The van der Waals surface area contributed by atoms with Crippen LogP contribution in [-0.4, -0.2) is 70.7 Å². The van der Waals surface area contributed by atoms with Gasteiger partial charge < -0.3 is 9.64 Å². The third kappa shape index (κ3) is 3.81. The van der Waals surface area contributed by atoms with Gasteiger partial charge in [0.15, 0.2) is 0 Å². The van der Waals surface area contributed by atoms with E-state index in [0.717, 1.165) is 72.5 Å². The molecule has 2 atom stereocenters. The zero-order valence-corrected chi connectivity index (χ0v) is 17.9. The van der Waals surface area contributed by atoms with Crippen LogP contribution in [0.3, 0.4) is 0 Å². The number of nitrogens with one attached hydrogen (secondary N) is 1. The van der Waals surface area contributed by atoms with E-state index in [1.54, 1.807) is 0 Å². The lowest BCUT2D eigenvalue weighted by Crippen LogP contribution is -2.44. The minimum Gasteiger partial charge on any atom is -0.490 e. The van der Waals surface area contributed by atoms with Crippen molar-refractivity contribution in [2.24, 2.45) is 0 Å². The number of hydrogen-bond acceptors (Lipinski definition) is 5. The van der Waals surface area contributed by atoms with Crippen molar-refractivity contribution < 1.29 is 13.5 Å². The van der Waals surface area contributed by atoms with E-state index in [1.807, 2.05) is 29.3 Å². The number of likely N-dealkylation sites (tertiary alicyclic amines) is 1. The fourth-order valence-electron chi connectivity index (χ4n) is 4.91. The number of nitrogens with zero attached hydrogens (tertiary/aromatic N) is 4. The highest BCUT2D eigenvalue weighted by molar-refractivity contribution is 5.94. The van der Waals surface area contributed by atoms with E-state index < -0.39 is 12.3 Å². The number of ether oxygens (including phenoxy) is 1. The summed E-state index contributed by atoms with van der Waals surface area (Å²) in [4.78, 5) is 8.83. The summed E-state index contributed by atoms with van der Waals surface area (Å²) in [5.41, 5.74) is 2.87. The Morgan fingerprint density at radius 2 is 1.75 bits per heavy atom. The number of anilines is 1. The molecule has 2 aliphatic heterocycles. The molecule has 1 saturated carbocycles. The standard InChI is InChI=1S/C24H27F2N5O/c25-20-13-31(14-21(20)26)16-6-9-30(10-7-16)23-11-15(5-8-27-23)24-19-12-18(32-17-1-2-17)3-4-22(19)28-29-24/h3-5,8,11-12,16-17,20-21H,1-2,6-7,9-10,13-14H2,(H,28,29)/t20-,21-/m0/s1. The van der Waals surface area contributed by atoms with Gasteiger partial charge in [-0.1, -0.05) is 0 Å². The molecule has 32 heavy (non-hydrogen) atoms. The first kappa shape index (κ1) is 19.9. The molecule has 2 aromatic heterocycles. The van der Waals surface area contributed by atoms with Crippen molar-refractivity contribution in [2.75, 3.05) is 31.1 Å². The normalized spacial score (nSPS) is 25.0. The Hall–Kier alpha value is -2.74. The Morgan fingerprint density at radius 1 is 0.969 bits per heavy atom. The molecule has 8 heteroatoms. The number of rotatable bonds is 5. The zero-order valence-electron chi connectivity index (χ0n) is 17.9. The van der Waals surface area contributed by atoms with Gasteiger partial charge in [-0.15, -0.1) is 0 Å². The molecular formula is C24H27F2N5O. The van der Waals surface area contributed by atoms with Gasteiger partial charge >= 0.3 is 0 Å². The van der Waals surface area contributed by atoms with Crippen LogP contribution in [0.2, 0.25) is 0 Å². The van der Waals surface area contributed by atoms with Gasteiger partial charge in [0.1, 0.15) is 29.6 Å². The second-order valence-electron chi connectivity index (χ2n) is 9.20. The summed E-state index contributed by atoms with van der Waals surface area (Å²) in [6.07, 6.45) is 3.52. The van der Waals surface area contributed by atoms with Crippen molar-refractivity contribution in [1.82, 2.24) is 20.1 Å². The number of alkyl halides is 2. The predicted molar refractivity (Wildman–Crippen MR) is 120 cm³/mol. The summed E-state index contributed by atoms with van der Waals surface area (Å²) in [6.45, 7) is 2.09. The molecule has 3 fully saturated rings. The maximum atomic E-state index is 13.6. The first-order valence-corrected chi connectivity index (χ1v) is 11.5. The molecule has 6 rings (SSSR count). The Kier molecular flexibility index (Phi) is 4.97. The summed E-state index contributed by atoms with van der Waals surface area (Å²) < 4.78 is 33.1. The average Bonchev–Trinajstić information content (AvgIpc) is 3.43. The highest BCUT2D eigenvalue weighted by Gasteiger charge is 2.37. The first-order chi connectivity index (χ1) is 15.6. The molecule has 3 aliphatic rings. The number of fused-ring (bicyclic) bond motifs is 1. The first-order valence-electron chi connectivity index (χ1n) is 11.5. The van der Waals surface area contributed by atoms with Gasteiger partial charge in [0, 0.05) is 49.4 Å². The van der Waals surface area contributed by atoms with E-state index in [4.69, 9.17) is 4.74 Å². The van der Waals surface area contributed by atoms with Gasteiger partial charge in [-0.05, 0) is 56.0 Å². The van der Waals surface area contributed by atoms with E-state index in [9.17, 15) is 8.78 Å². The number of H-pyrrole nitrogens is 1. The number of benzene rings is 1. The number of hydrogen-bond donors (Lipinski definition) is 1. The second-order valence-corrected chi connectivity index (χ2v) is 9.20. The van der Waals surface area contributed by atoms with Gasteiger partial charge in [-0.2, -0.15) is 5.10 Å². The number of piperidine rings is 1. The summed E-state index contributed by atoms with van der Waals surface area (Å²) in [7, 11) is 0. The minimum atomic E-state index is -1.34. The fourth-order valence-corrected chi connectivity index (χ4v) is 4.91. The molecular weight excluding hydrogens is 412 g/mol. The quantitative estimate of drug-likeness (QED) is 0.648. The molecule has 1 aliphatic carbocycles. The van der Waals surface area contributed by atoms with Gasteiger partial charge in [-0.25, -0.2) is 13.8 Å². The van der Waals surface area contributed by atoms with E-state index >= 15 is 0 Å². The van der Waals surface area contributed by atoms with Crippen molar-refractivity contribution >= 4 is 16.7 Å². The number of halogens is 2. The minimum absolute atomic E-state index is 0.220. The van der Waals surface area contributed by atoms with Crippen molar-refractivity contribution in [3.05, 3.63) is 36.5 Å². The average molecular weight is 440 g/mol. The summed E-state index contributed by atoms with van der Waals surface area (Å²) in [6, 6.07) is 10.4. The lowest BCUT2D eigenvalue weighted by Gasteiger charge is -2.37. The maximum absolute atomic E-state index is 13.6. The third-order valence-corrected chi connectivity index (χ3v) is 6.90. The Labute approximate surface area is 185 Å². The lowest BCUT2D eigenvalue weighted by atomic mass is 10.0. The molecule has 4 heterocycles. The Morgan fingerprint density at radius 3 is 2.50 bits per heavy atom. The van der Waals surface area contributed by atoms with Crippen LogP contribution in [0, 0.1) is 0 Å². The van der Waals surface area contributed by atoms with E-state index in [0.29, 0.717) is 6.10 Å². The smallest absolute Gasteiger partial charge is 0.145 e. The fraction of sp³-hybridized carbons (Fsp3) is 0.500. The van der Waals surface area contributed by atoms with Crippen LogP contribution in [0.25, 0.3) is 22.2 Å². The van der Waals surface area contributed by atoms with Crippen molar-refractivity contribution in [3.8, 4) is 17.0 Å². The van der Waals surface area contributed by atoms with E-state index in [-0.39, 0.29) is 19.1 Å². The van der Waals surface area contributed by atoms with Crippen molar-refractivity contribution in [2.45, 2.75) is 50.2 Å². The van der Waals surface area contributed by atoms with Crippen LogP contribution in [0.15, 0.2) is 36.5 Å². The third-order valence-electron chi connectivity index (χ3n) is 6.90. The van der Waals surface area contributed by atoms with Crippen LogP contribution >= 0.6 is 0 Å². The number of aromatic amines is 1. The summed E-state index contributed by atoms with van der Waals surface area (Å²) in [5, 5.41) is 8.72. The van der Waals surface area contributed by atoms with Gasteiger partial charge in [0.2, 0.25) is 0 Å². The molecule has 1 aromatic carbocycles. The molecule has 1 N–H and O–H groups in total. The highest BCUT2D eigenvalue weighted by Crippen LogP contribution is 2.34. The largest absolute Gasteiger partial charge is 0.490 e. The summed E-state index contributed by atoms with van der Waals surface area (Å²) in [5.74, 6) is 1.79. The zero-order chi connectivity index (χ0) is 21.7. The van der Waals surface area contributed by atoms with Crippen molar-refractivity contribution in [1.29, 1.82) is 0 Å². The molecule has 168 valence electrons. The van der Waals surface area contributed by atoms with Crippen LogP contribution in [-0.2, 0) is 0 Å². The van der Waals surface area contributed by atoms with Gasteiger partial charge in [-0.3, -0.25) is 10.00 Å². The van der Waals surface area contributed by atoms with E-state index in [1.165, 1.54) is 0 Å². The molecule has 0 spiro atoms. The highest BCUT2D eigenvalue weighted by atomic mass is 19.2. The van der Waals surface area contributed by atoms with E-state index in [2.05, 4.69) is 32.2 Å². The molecule has 3 aromatic rings. The predicted octanol–water partition coefficient (Wildman–Crippen LogP) is 4.13. The van der Waals surface area contributed by atoms with Crippen LogP contribution < -0.4 is 9.64 Å². The van der Waals surface area contributed by atoms with Crippen LogP contribution in [0.4, 0.5) is 14.6 Å².